The van der Waals surface area contributed by atoms with E-state index in [2.05, 4.69) is 6.58 Å². The number of rotatable bonds is 5. The summed E-state index contributed by atoms with van der Waals surface area (Å²) < 4.78 is 25.7. The van der Waals surface area contributed by atoms with E-state index in [1.54, 1.807) is 12.1 Å². The van der Waals surface area contributed by atoms with Gasteiger partial charge in [0.05, 0.1) is 15.7 Å². The fourth-order valence-electron chi connectivity index (χ4n) is 1.98. The fraction of sp³-hybridized carbons (Fsp3) is 0.111. The second kappa shape index (κ2) is 7.29. The number of aryl methyl sites for hydroxylation is 1. The van der Waals surface area contributed by atoms with Gasteiger partial charge in [-0.25, -0.2) is 8.60 Å². The maximum atomic E-state index is 13.0. The van der Waals surface area contributed by atoms with E-state index in [9.17, 15) is 13.7 Å². The smallest absolute Gasteiger partial charge is 0.123 e. The SMILES string of the molecule is C=C/C=C(\[C@H](O)c1ccc(F)cc1)[S@@](=O)c1ccc(C)cc1. The fourth-order valence-corrected chi connectivity index (χ4v) is 3.19. The van der Waals surface area contributed by atoms with E-state index in [-0.39, 0.29) is 5.82 Å². The van der Waals surface area contributed by atoms with Crippen molar-refractivity contribution >= 4 is 10.8 Å². The Hall–Kier alpha value is -2.04. The molecular weight excluding hydrogens is 299 g/mol. The van der Waals surface area contributed by atoms with Crippen molar-refractivity contribution in [2.45, 2.75) is 17.9 Å². The maximum Gasteiger partial charge on any atom is 0.123 e. The summed E-state index contributed by atoms with van der Waals surface area (Å²) in [5.74, 6) is -0.384. The minimum atomic E-state index is -1.52. The highest BCUT2D eigenvalue weighted by atomic mass is 32.2. The van der Waals surface area contributed by atoms with Gasteiger partial charge in [0.15, 0.2) is 0 Å². The van der Waals surface area contributed by atoms with Crippen LogP contribution in [0.1, 0.15) is 17.2 Å². The van der Waals surface area contributed by atoms with Crippen LogP contribution in [-0.2, 0) is 10.8 Å². The van der Waals surface area contributed by atoms with Crippen LogP contribution >= 0.6 is 0 Å². The van der Waals surface area contributed by atoms with E-state index in [0.29, 0.717) is 15.4 Å². The highest BCUT2D eigenvalue weighted by molar-refractivity contribution is 7.89. The predicted octanol–water partition coefficient (Wildman–Crippen LogP) is 4.05. The Balaban J connectivity index is 2.35. The largest absolute Gasteiger partial charge is 0.383 e. The van der Waals surface area contributed by atoms with E-state index in [0.717, 1.165) is 5.56 Å². The average molecular weight is 316 g/mol. The highest BCUT2D eigenvalue weighted by Crippen LogP contribution is 2.28. The predicted molar refractivity (Wildman–Crippen MR) is 87.2 cm³/mol. The molecule has 0 bridgehead atoms. The Kier molecular flexibility index (Phi) is 5.41. The summed E-state index contributed by atoms with van der Waals surface area (Å²) in [6.45, 7) is 5.54. The van der Waals surface area contributed by atoms with Crippen LogP contribution in [-0.4, -0.2) is 9.32 Å². The van der Waals surface area contributed by atoms with Crippen molar-refractivity contribution in [2.75, 3.05) is 0 Å². The molecule has 0 spiro atoms. The van der Waals surface area contributed by atoms with Gasteiger partial charge in [0.2, 0.25) is 0 Å². The summed E-state index contributed by atoms with van der Waals surface area (Å²) >= 11 is 0. The lowest BCUT2D eigenvalue weighted by molar-refractivity contribution is 0.224. The first-order chi connectivity index (χ1) is 10.5. The Labute approximate surface area is 132 Å². The van der Waals surface area contributed by atoms with Gasteiger partial charge in [-0.15, -0.1) is 0 Å². The number of halogens is 1. The Bertz CT molecular complexity index is 703. The Morgan fingerprint density at radius 1 is 1.18 bits per heavy atom. The van der Waals surface area contributed by atoms with Crippen molar-refractivity contribution in [3.05, 3.63) is 89.1 Å². The zero-order valence-electron chi connectivity index (χ0n) is 12.2. The highest BCUT2D eigenvalue weighted by Gasteiger charge is 2.20. The third kappa shape index (κ3) is 3.78. The van der Waals surface area contributed by atoms with Crippen molar-refractivity contribution in [1.29, 1.82) is 0 Å². The molecule has 22 heavy (non-hydrogen) atoms. The lowest BCUT2D eigenvalue weighted by atomic mass is 10.1. The maximum absolute atomic E-state index is 13.0. The molecule has 0 unspecified atom stereocenters. The molecule has 0 radical (unpaired) electrons. The molecule has 2 aromatic carbocycles. The first kappa shape index (κ1) is 16.3. The summed E-state index contributed by atoms with van der Waals surface area (Å²) in [7, 11) is -1.52. The lowest BCUT2D eigenvalue weighted by Crippen LogP contribution is -2.07. The lowest BCUT2D eigenvalue weighted by Gasteiger charge is -2.15. The second-order valence-corrected chi connectivity index (χ2v) is 6.32. The molecule has 0 aromatic heterocycles. The van der Waals surface area contributed by atoms with Crippen molar-refractivity contribution < 1.29 is 13.7 Å². The van der Waals surface area contributed by atoms with Gasteiger partial charge in [0.25, 0.3) is 0 Å². The molecule has 0 fully saturated rings. The summed E-state index contributed by atoms with van der Waals surface area (Å²) in [4.78, 5) is 0.908. The summed E-state index contributed by atoms with van der Waals surface area (Å²) in [5.41, 5.74) is 1.55. The first-order valence-corrected chi connectivity index (χ1v) is 7.92. The molecule has 0 aliphatic rings. The first-order valence-electron chi connectivity index (χ1n) is 6.77. The molecule has 0 saturated carbocycles. The summed E-state index contributed by atoms with van der Waals surface area (Å²) in [6, 6.07) is 12.7. The molecule has 2 nitrogen and oxygen atoms in total. The molecule has 1 N–H and O–H groups in total. The van der Waals surface area contributed by atoms with Crippen molar-refractivity contribution in [3.63, 3.8) is 0 Å². The monoisotopic (exact) mass is 316 g/mol. The van der Waals surface area contributed by atoms with Gasteiger partial charge in [-0.2, -0.15) is 0 Å². The second-order valence-electron chi connectivity index (χ2n) is 4.84. The van der Waals surface area contributed by atoms with Crippen molar-refractivity contribution in [3.8, 4) is 0 Å². The van der Waals surface area contributed by atoms with E-state index >= 15 is 0 Å². The Morgan fingerprint density at radius 2 is 1.77 bits per heavy atom. The van der Waals surface area contributed by atoms with Crippen LogP contribution in [0.5, 0.6) is 0 Å². The number of hydrogen-bond acceptors (Lipinski definition) is 2. The van der Waals surface area contributed by atoms with Crippen molar-refractivity contribution in [2.24, 2.45) is 0 Å². The number of hydrogen-bond donors (Lipinski definition) is 1. The van der Waals surface area contributed by atoms with E-state index < -0.39 is 16.9 Å². The summed E-state index contributed by atoms with van der Waals surface area (Å²) in [6.07, 6.45) is 1.93. The van der Waals surface area contributed by atoms with Crippen LogP contribution in [0.25, 0.3) is 0 Å². The van der Waals surface area contributed by atoms with Gasteiger partial charge in [0.1, 0.15) is 11.9 Å². The normalized spacial score (nSPS) is 14.4. The molecule has 0 heterocycles. The van der Waals surface area contributed by atoms with Crippen LogP contribution in [0.3, 0.4) is 0 Å². The zero-order valence-corrected chi connectivity index (χ0v) is 13.0. The van der Waals surface area contributed by atoms with E-state index in [1.165, 1.54) is 36.4 Å². The van der Waals surface area contributed by atoms with Crippen molar-refractivity contribution in [1.82, 2.24) is 0 Å². The third-order valence-corrected chi connectivity index (χ3v) is 4.67. The average Bonchev–Trinajstić information content (AvgIpc) is 2.53. The van der Waals surface area contributed by atoms with Gasteiger partial charge < -0.3 is 5.11 Å². The number of allylic oxidation sites excluding steroid dienone is 2. The molecule has 2 rings (SSSR count). The summed E-state index contributed by atoms with van der Waals surface area (Å²) in [5, 5.41) is 10.5. The minimum absolute atomic E-state index is 0.311. The zero-order chi connectivity index (χ0) is 16.1. The van der Waals surface area contributed by atoms with Crippen LogP contribution in [0.2, 0.25) is 0 Å². The van der Waals surface area contributed by atoms with Gasteiger partial charge >= 0.3 is 0 Å². The van der Waals surface area contributed by atoms with Crippen LogP contribution in [0.4, 0.5) is 4.39 Å². The third-order valence-electron chi connectivity index (χ3n) is 3.19. The van der Waals surface area contributed by atoms with Gasteiger partial charge in [-0.1, -0.05) is 42.5 Å². The number of aliphatic hydroxyl groups is 1. The molecule has 0 aliphatic heterocycles. The van der Waals surface area contributed by atoms with Gasteiger partial charge in [0, 0.05) is 4.90 Å². The Morgan fingerprint density at radius 3 is 2.32 bits per heavy atom. The quantitative estimate of drug-likeness (QED) is 0.845. The molecule has 0 amide bonds. The van der Waals surface area contributed by atoms with Gasteiger partial charge in [-0.05, 0) is 42.8 Å². The number of benzene rings is 2. The molecule has 2 atom stereocenters. The molecule has 0 aliphatic carbocycles. The number of aliphatic hydroxyl groups excluding tert-OH is 1. The van der Waals surface area contributed by atoms with E-state index in [1.807, 2.05) is 19.1 Å². The molecule has 4 heteroatoms. The molecule has 114 valence electrons. The van der Waals surface area contributed by atoms with Gasteiger partial charge in [-0.3, -0.25) is 0 Å². The molecule has 2 aromatic rings. The molecular formula is C18H17FO2S. The van der Waals surface area contributed by atoms with Crippen LogP contribution in [0, 0.1) is 12.7 Å². The molecule has 0 saturated heterocycles. The van der Waals surface area contributed by atoms with Crippen LogP contribution in [0.15, 0.2) is 77.1 Å². The minimum Gasteiger partial charge on any atom is -0.383 e. The topological polar surface area (TPSA) is 37.3 Å². The van der Waals surface area contributed by atoms with E-state index in [4.69, 9.17) is 0 Å². The van der Waals surface area contributed by atoms with Crippen LogP contribution < -0.4 is 0 Å². The standard InChI is InChI=1S/C18H17FO2S/c1-3-4-17(18(20)14-7-9-15(19)10-8-14)22(21)16-11-5-13(2)6-12-16/h3-12,18,20H,1H2,2H3/b17-4+/t18-,22+/m1/s1.